The zero-order valence-electron chi connectivity index (χ0n) is 19.2. The summed E-state index contributed by atoms with van der Waals surface area (Å²) >= 11 is 1.41. The van der Waals surface area contributed by atoms with Crippen molar-refractivity contribution in [2.45, 2.75) is 32.7 Å². The monoisotopic (exact) mass is 472 g/mol. The van der Waals surface area contributed by atoms with Gasteiger partial charge in [-0.25, -0.2) is 4.98 Å². The van der Waals surface area contributed by atoms with Crippen molar-refractivity contribution in [3.63, 3.8) is 0 Å². The molecule has 1 atom stereocenters. The number of benzene rings is 2. The molecule has 1 aliphatic heterocycles. The molecular formula is C27H28N4O2S. The summed E-state index contributed by atoms with van der Waals surface area (Å²) in [6, 6.07) is 18.4. The van der Waals surface area contributed by atoms with Crippen LogP contribution in [0, 0.1) is 5.92 Å². The van der Waals surface area contributed by atoms with E-state index in [0.717, 1.165) is 48.0 Å². The summed E-state index contributed by atoms with van der Waals surface area (Å²) in [4.78, 5) is 35.6. The fraction of sp³-hybridized carbons (Fsp3) is 0.296. The summed E-state index contributed by atoms with van der Waals surface area (Å²) in [5.74, 6) is 0.453. The number of hydrogen-bond acceptors (Lipinski definition) is 5. The molecule has 0 spiro atoms. The van der Waals surface area contributed by atoms with Crippen LogP contribution in [0.3, 0.4) is 0 Å². The lowest BCUT2D eigenvalue weighted by atomic mass is 9.97. The van der Waals surface area contributed by atoms with Crippen LogP contribution in [0.4, 0.5) is 5.95 Å². The molecule has 7 heteroatoms. The van der Waals surface area contributed by atoms with Crippen LogP contribution in [0.5, 0.6) is 0 Å². The van der Waals surface area contributed by atoms with Gasteiger partial charge in [-0.1, -0.05) is 61.5 Å². The summed E-state index contributed by atoms with van der Waals surface area (Å²) in [5, 5.41) is 5.08. The highest BCUT2D eigenvalue weighted by Gasteiger charge is 2.27. The molecule has 34 heavy (non-hydrogen) atoms. The lowest BCUT2D eigenvalue weighted by Gasteiger charge is -2.32. The summed E-state index contributed by atoms with van der Waals surface area (Å²) in [5.41, 5.74) is 4.98. The number of anilines is 1. The van der Waals surface area contributed by atoms with Gasteiger partial charge >= 0.3 is 0 Å². The normalized spacial score (nSPS) is 16.0. The highest BCUT2D eigenvalue weighted by atomic mass is 32.1. The lowest BCUT2D eigenvalue weighted by molar-refractivity contribution is -0.125. The van der Waals surface area contributed by atoms with Gasteiger partial charge < -0.3 is 10.2 Å². The van der Waals surface area contributed by atoms with Crippen molar-refractivity contribution >= 4 is 33.4 Å². The molecule has 1 saturated heterocycles. The Morgan fingerprint density at radius 1 is 1.15 bits per heavy atom. The number of aromatic amines is 1. The first-order chi connectivity index (χ1) is 16.6. The van der Waals surface area contributed by atoms with Gasteiger partial charge in [-0.15, -0.1) is 11.3 Å². The fourth-order valence-corrected chi connectivity index (χ4v) is 5.41. The number of fused-ring (bicyclic) bond motifs is 1. The number of aryl methyl sites for hydroxylation is 1. The Morgan fingerprint density at radius 3 is 2.68 bits per heavy atom. The number of nitrogens with one attached hydrogen (secondary N) is 2. The van der Waals surface area contributed by atoms with E-state index >= 15 is 0 Å². The van der Waals surface area contributed by atoms with Gasteiger partial charge in [0.25, 0.3) is 5.56 Å². The van der Waals surface area contributed by atoms with E-state index in [1.807, 2.05) is 40.6 Å². The number of carbonyl (C=O) groups is 1. The molecule has 1 amide bonds. The molecule has 0 saturated carbocycles. The molecule has 5 rings (SSSR count). The van der Waals surface area contributed by atoms with Crippen LogP contribution >= 0.6 is 11.3 Å². The van der Waals surface area contributed by atoms with E-state index in [1.54, 1.807) is 0 Å². The molecule has 2 N–H and O–H groups in total. The number of piperidine rings is 1. The summed E-state index contributed by atoms with van der Waals surface area (Å²) < 4.78 is 0.628. The van der Waals surface area contributed by atoms with Crippen LogP contribution in [0.15, 0.2) is 64.8 Å². The van der Waals surface area contributed by atoms with Gasteiger partial charge in [0.05, 0.1) is 11.4 Å². The third kappa shape index (κ3) is 4.61. The lowest BCUT2D eigenvalue weighted by Crippen LogP contribution is -2.44. The Bertz CT molecular complexity index is 1340. The summed E-state index contributed by atoms with van der Waals surface area (Å²) in [7, 11) is 0. The Kier molecular flexibility index (Phi) is 6.45. The van der Waals surface area contributed by atoms with Crippen LogP contribution in [0.25, 0.3) is 21.3 Å². The van der Waals surface area contributed by atoms with Crippen LogP contribution < -0.4 is 15.8 Å². The van der Waals surface area contributed by atoms with Gasteiger partial charge in [0.1, 0.15) is 4.70 Å². The molecule has 0 bridgehead atoms. The maximum Gasteiger partial charge on any atom is 0.270 e. The van der Waals surface area contributed by atoms with Crippen LogP contribution in [0.1, 0.15) is 30.9 Å². The Hall–Kier alpha value is -3.45. The Morgan fingerprint density at radius 2 is 1.91 bits per heavy atom. The summed E-state index contributed by atoms with van der Waals surface area (Å²) in [6.07, 6.45) is 2.71. The van der Waals surface area contributed by atoms with Gasteiger partial charge in [0.15, 0.2) is 0 Å². The predicted octanol–water partition coefficient (Wildman–Crippen LogP) is 4.75. The molecule has 4 aromatic rings. The van der Waals surface area contributed by atoms with E-state index in [2.05, 4.69) is 41.5 Å². The van der Waals surface area contributed by atoms with Crippen molar-refractivity contribution in [2.24, 2.45) is 5.92 Å². The minimum atomic E-state index is -0.138. The predicted molar refractivity (Wildman–Crippen MR) is 138 cm³/mol. The first kappa shape index (κ1) is 22.3. The minimum absolute atomic E-state index is 0.0493. The highest BCUT2D eigenvalue weighted by Crippen LogP contribution is 2.32. The third-order valence-electron chi connectivity index (χ3n) is 6.49. The number of hydrogen-bond donors (Lipinski definition) is 2. The SMILES string of the molecule is CCc1ccc(CNC(=O)C2CCCN(c3nc4c(-c5ccccc5)csc4c(=O)[nH]3)C2)cc1. The van der Waals surface area contributed by atoms with Gasteiger partial charge in [-0.05, 0) is 36.0 Å². The van der Waals surface area contributed by atoms with Crippen molar-refractivity contribution in [1.29, 1.82) is 0 Å². The standard InChI is InChI=1S/C27H28N4O2S/c1-2-18-10-12-19(13-11-18)15-28-25(32)21-9-6-14-31(16-21)27-29-23-22(20-7-4-3-5-8-20)17-34-24(23)26(33)30-27/h3-5,7-8,10-13,17,21H,2,6,9,14-16H2,1H3,(H,28,32)(H,29,30,33). The maximum absolute atomic E-state index is 12.9. The molecular weight excluding hydrogens is 444 g/mol. The second-order valence-electron chi connectivity index (χ2n) is 8.76. The molecule has 3 heterocycles. The second-order valence-corrected chi connectivity index (χ2v) is 9.64. The molecule has 2 aromatic carbocycles. The average molecular weight is 473 g/mol. The van der Waals surface area contributed by atoms with E-state index < -0.39 is 0 Å². The van der Waals surface area contributed by atoms with Crippen molar-refractivity contribution < 1.29 is 4.79 Å². The number of amides is 1. The van der Waals surface area contributed by atoms with E-state index in [-0.39, 0.29) is 17.4 Å². The summed E-state index contributed by atoms with van der Waals surface area (Å²) in [6.45, 7) is 3.96. The third-order valence-corrected chi connectivity index (χ3v) is 7.46. The smallest absolute Gasteiger partial charge is 0.270 e. The molecule has 174 valence electrons. The van der Waals surface area contributed by atoms with Gasteiger partial charge in [0.2, 0.25) is 11.9 Å². The number of thiophene rings is 1. The molecule has 6 nitrogen and oxygen atoms in total. The molecule has 0 aliphatic carbocycles. The molecule has 0 radical (unpaired) electrons. The van der Waals surface area contributed by atoms with E-state index in [1.165, 1.54) is 16.9 Å². The van der Waals surface area contributed by atoms with Gasteiger partial charge in [-0.2, -0.15) is 0 Å². The van der Waals surface area contributed by atoms with Crippen molar-refractivity contribution in [3.8, 4) is 11.1 Å². The number of H-pyrrole nitrogens is 1. The average Bonchev–Trinajstić information content (AvgIpc) is 3.33. The fourth-order valence-electron chi connectivity index (χ4n) is 4.50. The Balaban J connectivity index is 1.32. The zero-order valence-corrected chi connectivity index (χ0v) is 20.0. The minimum Gasteiger partial charge on any atom is -0.352 e. The topological polar surface area (TPSA) is 78.1 Å². The van der Waals surface area contributed by atoms with Crippen molar-refractivity contribution in [2.75, 3.05) is 18.0 Å². The van der Waals surface area contributed by atoms with Gasteiger partial charge in [0, 0.05) is 30.6 Å². The van der Waals surface area contributed by atoms with Gasteiger partial charge in [-0.3, -0.25) is 14.6 Å². The highest BCUT2D eigenvalue weighted by molar-refractivity contribution is 7.17. The van der Waals surface area contributed by atoms with Crippen LogP contribution in [0.2, 0.25) is 0 Å². The molecule has 1 aliphatic rings. The number of rotatable bonds is 6. The number of aromatic nitrogens is 2. The number of nitrogens with zero attached hydrogens (tertiary/aromatic N) is 2. The zero-order chi connectivity index (χ0) is 23.5. The first-order valence-corrected chi connectivity index (χ1v) is 12.7. The van der Waals surface area contributed by atoms with E-state index in [4.69, 9.17) is 4.98 Å². The molecule has 1 fully saturated rings. The molecule has 2 aromatic heterocycles. The van der Waals surface area contributed by atoms with E-state index in [9.17, 15) is 9.59 Å². The maximum atomic E-state index is 12.9. The number of carbonyl (C=O) groups excluding carboxylic acids is 1. The van der Waals surface area contributed by atoms with Crippen LogP contribution in [-0.2, 0) is 17.8 Å². The Labute approximate surface area is 202 Å². The quantitative estimate of drug-likeness (QED) is 0.425. The largest absolute Gasteiger partial charge is 0.352 e. The first-order valence-electron chi connectivity index (χ1n) is 11.8. The van der Waals surface area contributed by atoms with Crippen molar-refractivity contribution in [1.82, 2.24) is 15.3 Å². The van der Waals surface area contributed by atoms with Crippen molar-refractivity contribution in [3.05, 3.63) is 81.5 Å². The second kappa shape index (κ2) is 9.81. The van der Waals surface area contributed by atoms with Crippen LogP contribution in [-0.4, -0.2) is 29.0 Å². The van der Waals surface area contributed by atoms with E-state index in [0.29, 0.717) is 23.7 Å². The molecule has 1 unspecified atom stereocenters.